The number of hydrogen-bond donors (Lipinski definition) is 0. The first-order valence-electron chi connectivity index (χ1n) is 6.06. The van der Waals surface area contributed by atoms with Crippen molar-refractivity contribution < 1.29 is 9.47 Å². The van der Waals surface area contributed by atoms with E-state index in [-0.39, 0.29) is 6.29 Å². The molecule has 1 saturated heterocycles. The SMILES string of the molecule is CCCC(C)CCOC1CCCCO1. The van der Waals surface area contributed by atoms with Gasteiger partial charge in [0.25, 0.3) is 0 Å². The van der Waals surface area contributed by atoms with Crippen molar-refractivity contribution in [2.24, 2.45) is 5.92 Å². The minimum Gasteiger partial charge on any atom is -0.353 e. The van der Waals surface area contributed by atoms with Crippen LogP contribution in [0.1, 0.15) is 52.4 Å². The maximum absolute atomic E-state index is 5.68. The van der Waals surface area contributed by atoms with Crippen molar-refractivity contribution in [1.82, 2.24) is 0 Å². The summed E-state index contributed by atoms with van der Waals surface area (Å²) < 4.78 is 11.2. The zero-order chi connectivity index (χ0) is 10.2. The van der Waals surface area contributed by atoms with Crippen LogP contribution >= 0.6 is 0 Å². The molecule has 0 N–H and O–H groups in total. The molecule has 2 heteroatoms. The largest absolute Gasteiger partial charge is 0.353 e. The molecule has 2 atom stereocenters. The molecular weight excluding hydrogens is 176 g/mol. The van der Waals surface area contributed by atoms with E-state index in [0.717, 1.165) is 25.6 Å². The van der Waals surface area contributed by atoms with E-state index in [0.29, 0.717) is 0 Å². The van der Waals surface area contributed by atoms with Crippen LogP contribution in [0.15, 0.2) is 0 Å². The molecule has 0 aromatic rings. The van der Waals surface area contributed by atoms with E-state index in [4.69, 9.17) is 9.47 Å². The van der Waals surface area contributed by atoms with Crippen LogP contribution in [0.2, 0.25) is 0 Å². The maximum Gasteiger partial charge on any atom is 0.157 e. The summed E-state index contributed by atoms with van der Waals surface area (Å²) in [4.78, 5) is 0. The summed E-state index contributed by atoms with van der Waals surface area (Å²) in [6, 6.07) is 0. The lowest BCUT2D eigenvalue weighted by molar-refractivity contribution is -0.163. The number of rotatable bonds is 6. The summed E-state index contributed by atoms with van der Waals surface area (Å²) >= 11 is 0. The Morgan fingerprint density at radius 1 is 1.36 bits per heavy atom. The minimum atomic E-state index is 0.0950. The van der Waals surface area contributed by atoms with Gasteiger partial charge in [-0.15, -0.1) is 0 Å². The van der Waals surface area contributed by atoms with Crippen molar-refractivity contribution in [1.29, 1.82) is 0 Å². The van der Waals surface area contributed by atoms with E-state index in [1.807, 2.05) is 0 Å². The van der Waals surface area contributed by atoms with Crippen LogP contribution in [0.5, 0.6) is 0 Å². The van der Waals surface area contributed by atoms with Crippen LogP contribution in [-0.4, -0.2) is 19.5 Å². The van der Waals surface area contributed by atoms with Gasteiger partial charge in [0.1, 0.15) is 0 Å². The quantitative estimate of drug-likeness (QED) is 0.654. The van der Waals surface area contributed by atoms with Crippen LogP contribution < -0.4 is 0 Å². The Bertz CT molecular complexity index is 130. The lowest BCUT2D eigenvalue weighted by Gasteiger charge is -2.23. The molecule has 1 heterocycles. The molecular formula is C12H24O2. The monoisotopic (exact) mass is 200 g/mol. The van der Waals surface area contributed by atoms with Gasteiger partial charge >= 0.3 is 0 Å². The van der Waals surface area contributed by atoms with Crippen molar-refractivity contribution in [3.05, 3.63) is 0 Å². The van der Waals surface area contributed by atoms with Crippen molar-refractivity contribution in [2.45, 2.75) is 58.7 Å². The third-order valence-electron chi connectivity index (χ3n) is 2.83. The van der Waals surface area contributed by atoms with Gasteiger partial charge in [0.15, 0.2) is 6.29 Å². The Balaban J connectivity index is 1.96. The molecule has 1 fully saturated rings. The summed E-state index contributed by atoms with van der Waals surface area (Å²) in [6.07, 6.45) is 7.41. The molecule has 0 aromatic heterocycles. The second-order valence-corrected chi connectivity index (χ2v) is 4.35. The lowest BCUT2D eigenvalue weighted by atomic mass is 10.0. The Hall–Kier alpha value is -0.0800. The summed E-state index contributed by atoms with van der Waals surface area (Å²) in [7, 11) is 0. The first-order chi connectivity index (χ1) is 6.83. The molecule has 14 heavy (non-hydrogen) atoms. The third kappa shape index (κ3) is 4.97. The Kier molecular flexibility index (Phi) is 6.20. The Labute approximate surface area is 88.0 Å². The van der Waals surface area contributed by atoms with Gasteiger partial charge in [0, 0.05) is 13.2 Å². The molecule has 0 spiro atoms. The molecule has 84 valence electrons. The molecule has 0 amide bonds. The molecule has 0 bridgehead atoms. The van der Waals surface area contributed by atoms with Gasteiger partial charge in [0.05, 0.1) is 0 Å². The molecule has 0 aromatic carbocycles. The van der Waals surface area contributed by atoms with E-state index in [1.165, 1.54) is 32.1 Å². The summed E-state index contributed by atoms with van der Waals surface area (Å²) in [5, 5.41) is 0. The predicted molar refractivity (Wildman–Crippen MR) is 58.2 cm³/mol. The zero-order valence-corrected chi connectivity index (χ0v) is 9.63. The van der Waals surface area contributed by atoms with E-state index in [9.17, 15) is 0 Å². The topological polar surface area (TPSA) is 18.5 Å². The molecule has 2 nitrogen and oxygen atoms in total. The second-order valence-electron chi connectivity index (χ2n) is 4.35. The lowest BCUT2D eigenvalue weighted by Crippen LogP contribution is -2.23. The van der Waals surface area contributed by atoms with Crippen molar-refractivity contribution >= 4 is 0 Å². The van der Waals surface area contributed by atoms with Gasteiger partial charge in [-0.25, -0.2) is 0 Å². The first-order valence-corrected chi connectivity index (χ1v) is 6.06. The highest BCUT2D eigenvalue weighted by Crippen LogP contribution is 2.15. The van der Waals surface area contributed by atoms with Gasteiger partial charge < -0.3 is 9.47 Å². The molecule has 1 rings (SSSR count). The van der Waals surface area contributed by atoms with Crippen LogP contribution in [0.25, 0.3) is 0 Å². The van der Waals surface area contributed by atoms with Gasteiger partial charge in [-0.3, -0.25) is 0 Å². The van der Waals surface area contributed by atoms with E-state index in [2.05, 4.69) is 13.8 Å². The fourth-order valence-electron chi connectivity index (χ4n) is 1.88. The first kappa shape index (κ1) is 12.0. The standard InChI is InChI=1S/C12H24O2/c1-3-6-11(2)8-10-14-12-7-4-5-9-13-12/h11-12H,3-10H2,1-2H3. The molecule has 0 aliphatic carbocycles. The smallest absolute Gasteiger partial charge is 0.157 e. The van der Waals surface area contributed by atoms with Crippen molar-refractivity contribution in [3.8, 4) is 0 Å². The van der Waals surface area contributed by atoms with Crippen LogP contribution in [-0.2, 0) is 9.47 Å². The molecule has 1 aliphatic rings. The normalized spacial score (nSPS) is 24.9. The fraction of sp³-hybridized carbons (Fsp3) is 1.00. The highest BCUT2D eigenvalue weighted by Gasteiger charge is 2.13. The van der Waals surface area contributed by atoms with Gasteiger partial charge in [-0.2, -0.15) is 0 Å². The molecule has 2 unspecified atom stereocenters. The minimum absolute atomic E-state index is 0.0950. The Morgan fingerprint density at radius 2 is 2.21 bits per heavy atom. The third-order valence-corrected chi connectivity index (χ3v) is 2.83. The van der Waals surface area contributed by atoms with E-state index < -0.39 is 0 Å². The summed E-state index contributed by atoms with van der Waals surface area (Å²) in [5.41, 5.74) is 0. The van der Waals surface area contributed by atoms with E-state index >= 15 is 0 Å². The van der Waals surface area contributed by atoms with Crippen molar-refractivity contribution in [3.63, 3.8) is 0 Å². The second kappa shape index (κ2) is 7.24. The number of hydrogen-bond acceptors (Lipinski definition) is 2. The van der Waals surface area contributed by atoms with Crippen molar-refractivity contribution in [2.75, 3.05) is 13.2 Å². The maximum atomic E-state index is 5.68. The predicted octanol–water partition coefficient (Wildman–Crippen LogP) is 3.36. The van der Waals surface area contributed by atoms with Gasteiger partial charge in [-0.1, -0.05) is 26.7 Å². The highest BCUT2D eigenvalue weighted by molar-refractivity contribution is 4.56. The average molecular weight is 200 g/mol. The van der Waals surface area contributed by atoms with E-state index in [1.54, 1.807) is 0 Å². The van der Waals surface area contributed by atoms with Crippen LogP contribution in [0.4, 0.5) is 0 Å². The fourth-order valence-corrected chi connectivity index (χ4v) is 1.88. The summed E-state index contributed by atoms with van der Waals surface area (Å²) in [5.74, 6) is 0.795. The van der Waals surface area contributed by atoms with Gasteiger partial charge in [-0.05, 0) is 31.6 Å². The molecule has 1 aliphatic heterocycles. The van der Waals surface area contributed by atoms with Crippen LogP contribution in [0.3, 0.4) is 0 Å². The van der Waals surface area contributed by atoms with Gasteiger partial charge in [0.2, 0.25) is 0 Å². The average Bonchev–Trinajstić information content (AvgIpc) is 2.20. The summed E-state index contributed by atoms with van der Waals surface area (Å²) in [6.45, 7) is 6.29. The van der Waals surface area contributed by atoms with Crippen LogP contribution in [0, 0.1) is 5.92 Å². The molecule has 0 radical (unpaired) electrons. The Morgan fingerprint density at radius 3 is 2.86 bits per heavy atom. The number of ether oxygens (including phenoxy) is 2. The highest BCUT2D eigenvalue weighted by atomic mass is 16.7. The zero-order valence-electron chi connectivity index (χ0n) is 9.63. The molecule has 0 saturated carbocycles.